The van der Waals surface area contributed by atoms with Crippen molar-refractivity contribution in [3.8, 4) is 5.75 Å². The van der Waals surface area contributed by atoms with Crippen LogP contribution in [0.2, 0.25) is 0 Å². The van der Waals surface area contributed by atoms with E-state index in [9.17, 15) is 0 Å². The molecule has 130 valence electrons. The zero-order chi connectivity index (χ0) is 16.9. The average Bonchev–Trinajstić information content (AvgIpc) is 3.09. The lowest BCUT2D eigenvalue weighted by Crippen LogP contribution is -2.46. The quantitative estimate of drug-likeness (QED) is 0.882. The Morgan fingerprint density at radius 1 is 1.12 bits per heavy atom. The van der Waals surface area contributed by atoms with Gasteiger partial charge in [-0.3, -0.25) is 9.80 Å². The number of aliphatic hydroxyl groups excluding tert-OH is 1. The highest BCUT2D eigenvalue weighted by molar-refractivity contribution is 5.30. The number of furan rings is 1. The number of hydrogen-bond donors (Lipinski definition) is 1. The van der Waals surface area contributed by atoms with Crippen molar-refractivity contribution in [3.05, 3.63) is 53.5 Å². The molecule has 1 N–H and O–H groups in total. The summed E-state index contributed by atoms with van der Waals surface area (Å²) < 4.78 is 10.9. The van der Waals surface area contributed by atoms with Crippen molar-refractivity contribution >= 4 is 0 Å². The highest BCUT2D eigenvalue weighted by Crippen LogP contribution is 2.25. The summed E-state index contributed by atoms with van der Waals surface area (Å²) in [5, 5.41) is 9.08. The van der Waals surface area contributed by atoms with Crippen molar-refractivity contribution in [2.45, 2.75) is 26.1 Å². The van der Waals surface area contributed by atoms with Crippen LogP contribution in [0.1, 0.15) is 30.0 Å². The molecule has 1 aliphatic heterocycles. The molecule has 5 nitrogen and oxygen atoms in total. The fraction of sp³-hybridized carbons (Fsp3) is 0.474. The lowest BCUT2D eigenvalue weighted by atomic mass is 10.1. The molecule has 1 fully saturated rings. The lowest BCUT2D eigenvalue weighted by molar-refractivity contribution is 0.0924. The fourth-order valence-electron chi connectivity index (χ4n) is 3.23. The molecule has 0 spiro atoms. The predicted molar refractivity (Wildman–Crippen MR) is 92.9 cm³/mol. The second kappa shape index (κ2) is 7.83. The SMILES string of the molecule is COc1cccc([C@@H](C)N2CCN(Cc3ccc(CO)o3)CC2)c1. The summed E-state index contributed by atoms with van der Waals surface area (Å²) in [6.45, 7) is 7.13. The molecule has 1 saturated heterocycles. The van der Waals surface area contributed by atoms with E-state index >= 15 is 0 Å². The summed E-state index contributed by atoms with van der Waals surface area (Å²) >= 11 is 0. The summed E-state index contributed by atoms with van der Waals surface area (Å²) in [4.78, 5) is 4.90. The Kier molecular flexibility index (Phi) is 5.56. The maximum atomic E-state index is 9.08. The zero-order valence-electron chi connectivity index (χ0n) is 14.4. The molecule has 1 aromatic carbocycles. The topological polar surface area (TPSA) is 49.1 Å². The van der Waals surface area contributed by atoms with E-state index in [0.29, 0.717) is 11.8 Å². The minimum absolute atomic E-state index is 0.0359. The summed E-state index contributed by atoms with van der Waals surface area (Å²) in [6.07, 6.45) is 0. The van der Waals surface area contributed by atoms with Crippen molar-refractivity contribution in [1.82, 2.24) is 9.80 Å². The Labute approximate surface area is 143 Å². The van der Waals surface area contributed by atoms with Gasteiger partial charge in [0.15, 0.2) is 0 Å². The summed E-state index contributed by atoms with van der Waals surface area (Å²) in [6, 6.07) is 12.5. The molecule has 0 saturated carbocycles. The fourth-order valence-corrected chi connectivity index (χ4v) is 3.23. The first-order chi connectivity index (χ1) is 11.7. The van der Waals surface area contributed by atoms with Gasteiger partial charge in [-0.1, -0.05) is 12.1 Å². The number of methoxy groups -OCH3 is 1. The molecule has 0 bridgehead atoms. The van der Waals surface area contributed by atoms with Gasteiger partial charge in [0.2, 0.25) is 0 Å². The van der Waals surface area contributed by atoms with Crippen LogP contribution in [0.3, 0.4) is 0 Å². The van der Waals surface area contributed by atoms with Crippen LogP contribution in [-0.4, -0.2) is 48.2 Å². The molecular weight excluding hydrogens is 304 g/mol. The molecule has 0 radical (unpaired) electrons. The Bertz CT molecular complexity index is 648. The third kappa shape index (κ3) is 3.98. The normalized spacial score (nSPS) is 17.8. The maximum Gasteiger partial charge on any atom is 0.129 e. The summed E-state index contributed by atoms with van der Waals surface area (Å²) in [5.74, 6) is 2.47. The number of nitrogens with zero attached hydrogens (tertiary/aromatic N) is 2. The van der Waals surface area contributed by atoms with Crippen molar-refractivity contribution in [3.63, 3.8) is 0 Å². The van der Waals surface area contributed by atoms with E-state index in [4.69, 9.17) is 14.3 Å². The monoisotopic (exact) mass is 330 g/mol. The van der Waals surface area contributed by atoms with Crippen LogP contribution in [0.15, 0.2) is 40.8 Å². The van der Waals surface area contributed by atoms with Gasteiger partial charge in [0, 0.05) is 32.2 Å². The van der Waals surface area contributed by atoms with Gasteiger partial charge in [-0.2, -0.15) is 0 Å². The van der Waals surface area contributed by atoms with Crippen LogP contribution in [0.4, 0.5) is 0 Å². The Morgan fingerprint density at radius 2 is 1.88 bits per heavy atom. The second-order valence-electron chi connectivity index (χ2n) is 6.29. The van der Waals surface area contributed by atoms with Crippen molar-refractivity contribution < 1.29 is 14.3 Å². The Morgan fingerprint density at radius 3 is 2.54 bits per heavy atom. The molecule has 1 aliphatic rings. The number of piperazine rings is 1. The minimum atomic E-state index is -0.0359. The van der Waals surface area contributed by atoms with Crippen molar-refractivity contribution in [2.75, 3.05) is 33.3 Å². The van der Waals surface area contributed by atoms with E-state index in [0.717, 1.165) is 44.2 Å². The smallest absolute Gasteiger partial charge is 0.129 e. The molecule has 0 unspecified atom stereocenters. The van der Waals surface area contributed by atoms with Crippen LogP contribution < -0.4 is 4.74 Å². The number of aliphatic hydroxyl groups is 1. The first-order valence-corrected chi connectivity index (χ1v) is 8.48. The average molecular weight is 330 g/mol. The van der Waals surface area contributed by atoms with E-state index in [2.05, 4.69) is 34.9 Å². The predicted octanol–water partition coefficient (Wildman–Crippen LogP) is 2.66. The second-order valence-corrected chi connectivity index (χ2v) is 6.29. The first-order valence-electron chi connectivity index (χ1n) is 8.48. The van der Waals surface area contributed by atoms with Gasteiger partial charge in [-0.25, -0.2) is 0 Å². The standard InChI is InChI=1S/C19H26N2O3/c1-15(16-4-3-5-17(12-16)23-2)21-10-8-20(9-11-21)13-18-6-7-19(14-22)24-18/h3-7,12,15,22H,8-11,13-14H2,1-2H3/t15-/m1/s1. The number of benzene rings is 1. The molecule has 2 aromatic rings. The Hall–Kier alpha value is -1.82. The van der Waals surface area contributed by atoms with Crippen LogP contribution in [0.25, 0.3) is 0 Å². The van der Waals surface area contributed by atoms with E-state index in [1.165, 1.54) is 5.56 Å². The van der Waals surface area contributed by atoms with E-state index in [1.54, 1.807) is 7.11 Å². The van der Waals surface area contributed by atoms with Gasteiger partial charge in [0.1, 0.15) is 23.9 Å². The molecule has 2 heterocycles. The number of rotatable bonds is 6. The molecular formula is C19H26N2O3. The van der Waals surface area contributed by atoms with Crippen LogP contribution in [0, 0.1) is 0 Å². The highest BCUT2D eigenvalue weighted by Gasteiger charge is 2.22. The van der Waals surface area contributed by atoms with Crippen LogP contribution >= 0.6 is 0 Å². The van der Waals surface area contributed by atoms with Gasteiger partial charge >= 0.3 is 0 Å². The number of hydrogen-bond acceptors (Lipinski definition) is 5. The van der Waals surface area contributed by atoms with Gasteiger partial charge in [0.25, 0.3) is 0 Å². The molecule has 24 heavy (non-hydrogen) atoms. The van der Waals surface area contributed by atoms with Crippen LogP contribution in [0.5, 0.6) is 5.75 Å². The van der Waals surface area contributed by atoms with E-state index in [1.807, 2.05) is 18.2 Å². The van der Waals surface area contributed by atoms with Gasteiger partial charge in [-0.05, 0) is 36.8 Å². The third-order valence-electron chi connectivity index (χ3n) is 4.78. The van der Waals surface area contributed by atoms with Crippen molar-refractivity contribution in [2.24, 2.45) is 0 Å². The molecule has 5 heteroatoms. The number of ether oxygens (including phenoxy) is 1. The van der Waals surface area contributed by atoms with E-state index < -0.39 is 0 Å². The first kappa shape index (κ1) is 17.0. The molecule has 3 rings (SSSR count). The molecule has 0 amide bonds. The van der Waals surface area contributed by atoms with Crippen LogP contribution in [-0.2, 0) is 13.2 Å². The van der Waals surface area contributed by atoms with E-state index in [-0.39, 0.29) is 6.61 Å². The van der Waals surface area contributed by atoms with Gasteiger partial charge < -0.3 is 14.3 Å². The van der Waals surface area contributed by atoms with Crippen molar-refractivity contribution in [1.29, 1.82) is 0 Å². The van der Waals surface area contributed by atoms with Gasteiger partial charge in [0.05, 0.1) is 13.7 Å². The Balaban J connectivity index is 1.54. The minimum Gasteiger partial charge on any atom is -0.497 e. The van der Waals surface area contributed by atoms with Gasteiger partial charge in [-0.15, -0.1) is 0 Å². The highest BCUT2D eigenvalue weighted by atomic mass is 16.5. The molecule has 1 aromatic heterocycles. The largest absolute Gasteiger partial charge is 0.497 e. The summed E-state index contributed by atoms with van der Waals surface area (Å²) in [5.41, 5.74) is 1.29. The maximum absolute atomic E-state index is 9.08. The third-order valence-corrected chi connectivity index (χ3v) is 4.78. The molecule has 0 aliphatic carbocycles. The zero-order valence-corrected chi connectivity index (χ0v) is 14.4. The lowest BCUT2D eigenvalue weighted by Gasteiger charge is -2.38. The molecule has 1 atom stereocenters. The summed E-state index contributed by atoms with van der Waals surface area (Å²) in [7, 11) is 1.71.